The fourth-order valence-electron chi connectivity index (χ4n) is 6.74. The molecule has 1 heterocycles. The number of anilines is 1. The Morgan fingerprint density at radius 2 is 1.77 bits per heavy atom. The van der Waals surface area contributed by atoms with Gasteiger partial charge in [0.25, 0.3) is 0 Å². The van der Waals surface area contributed by atoms with Crippen LogP contribution in [-0.4, -0.2) is 39.4 Å². The highest BCUT2D eigenvalue weighted by Gasteiger charge is 2.51. The number of amidine groups is 1. The first-order valence-corrected chi connectivity index (χ1v) is 12.8. The Balaban J connectivity index is 1.29. The largest absolute Gasteiger partial charge is 0.345 e. The summed E-state index contributed by atoms with van der Waals surface area (Å²) in [6.45, 7) is 4.45. The van der Waals surface area contributed by atoms with Crippen LogP contribution in [0.3, 0.4) is 0 Å². The van der Waals surface area contributed by atoms with Gasteiger partial charge in [-0.15, -0.1) is 0 Å². The van der Waals surface area contributed by atoms with Gasteiger partial charge in [0.1, 0.15) is 0 Å². The van der Waals surface area contributed by atoms with E-state index in [0.717, 1.165) is 29.2 Å². The Labute approximate surface area is 189 Å². The first kappa shape index (κ1) is 20.7. The zero-order chi connectivity index (χ0) is 20.9. The molecule has 4 saturated carbocycles. The SMILES string of the molecule is CC(C)N1C(=NC23CC4CC(CC(C4)C2)C3)SCC1CC(=O)Nc1ccc(Cl)cc1. The van der Waals surface area contributed by atoms with E-state index in [0.29, 0.717) is 17.5 Å². The first-order valence-electron chi connectivity index (χ1n) is 11.5. The summed E-state index contributed by atoms with van der Waals surface area (Å²) in [6, 6.07) is 7.86. The average molecular weight is 446 g/mol. The maximum Gasteiger partial charge on any atom is 0.226 e. The predicted octanol–water partition coefficient (Wildman–Crippen LogP) is 5.82. The second-order valence-corrected chi connectivity index (χ2v) is 11.7. The van der Waals surface area contributed by atoms with E-state index in [1.807, 2.05) is 23.9 Å². The summed E-state index contributed by atoms with van der Waals surface area (Å²) >= 11 is 7.81. The molecule has 0 spiro atoms. The van der Waals surface area contributed by atoms with E-state index in [1.165, 1.54) is 43.7 Å². The van der Waals surface area contributed by atoms with Crippen LogP contribution < -0.4 is 5.32 Å². The number of benzene rings is 1. The fraction of sp³-hybridized carbons (Fsp3) is 0.667. The van der Waals surface area contributed by atoms with Crippen LogP contribution in [-0.2, 0) is 4.79 Å². The second-order valence-electron chi connectivity index (χ2n) is 10.3. The van der Waals surface area contributed by atoms with Crippen molar-refractivity contribution >= 4 is 40.1 Å². The van der Waals surface area contributed by atoms with E-state index in [9.17, 15) is 4.79 Å². The number of carbonyl (C=O) groups is 1. The van der Waals surface area contributed by atoms with Crippen molar-refractivity contribution in [3.05, 3.63) is 29.3 Å². The van der Waals surface area contributed by atoms with Gasteiger partial charge in [0, 0.05) is 35.0 Å². The molecule has 4 aliphatic carbocycles. The number of nitrogens with one attached hydrogen (secondary N) is 1. The van der Waals surface area contributed by atoms with Crippen LogP contribution in [0.5, 0.6) is 0 Å². The molecular formula is C24H32ClN3OS. The lowest BCUT2D eigenvalue weighted by Crippen LogP contribution is -2.50. The van der Waals surface area contributed by atoms with Crippen molar-refractivity contribution < 1.29 is 4.79 Å². The van der Waals surface area contributed by atoms with Crippen molar-refractivity contribution in [2.45, 2.75) is 76.4 Å². The van der Waals surface area contributed by atoms with Gasteiger partial charge in [0.05, 0.1) is 5.54 Å². The quantitative estimate of drug-likeness (QED) is 0.621. The molecule has 1 atom stereocenters. The van der Waals surface area contributed by atoms with Crippen LogP contribution >= 0.6 is 23.4 Å². The average Bonchev–Trinajstić information content (AvgIpc) is 3.04. The lowest BCUT2D eigenvalue weighted by atomic mass is 9.53. The fourth-order valence-corrected chi connectivity index (χ4v) is 8.25. The van der Waals surface area contributed by atoms with Gasteiger partial charge < -0.3 is 10.2 Å². The molecule has 4 bridgehead atoms. The molecular weight excluding hydrogens is 414 g/mol. The third-order valence-electron chi connectivity index (χ3n) is 7.46. The van der Waals surface area contributed by atoms with Gasteiger partial charge in [-0.25, -0.2) is 0 Å². The minimum Gasteiger partial charge on any atom is -0.345 e. The molecule has 5 aliphatic rings. The number of carbonyl (C=O) groups excluding carboxylic acids is 1. The standard InChI is InChI=1S/C24H32ClN3OS/c1-15(2)28-21(10-22(29)26-20-5-3-19(25)4-6-20)14-30-23(28)27-24-11-16-7-17(12-24)9-18(8-16)13-24/h3-6,15-18,21H,7-14H2,1-2H3,(H,26,29). The summed E-state index contributed by atoms with van der Waals surface area (Å²) in [6.07, 6.45) is 8.69. The second kappa shape index (κ2) is 8.05. The zero-order valence-corrected chi connectivity index (χ0v) is 19.5. The van der Waals surface area contributed by atoms with Gasteiger partial charge >= 0.3 is 0 Å². The monoisotopic (exact) mass is 445 g/mol. The van der Waals surface area contributed by atoms with E-state index in [1.54, 1.807) is 12.1 Å². The highest BCUT2D eigenvalue weighted by molar-refractivity contribution is 8.14. The number of nitrogens with zero attached hydrogens (tertiary/aromatic N) is 2. The molecule has 0 radical (unpaired) electrons. The molecule has 6 rings (SSSR count). The van der Waals surface area contributed by atoms with E-state index < -0.39 is 0 Å². The highest BCUT2D eigenvalue weighted by Crippen LogP contribution is 2.57. The van der Waals surface area contributed by atoms with Crippen molar-refractivity contribution in [2.24, 2.45) is 22.7 Å². The lowest BCUT2D eigenvalue weighted by Gasteiger charge is -2.55. The number of thioether (sulfide) groups is 1. The number of hydrogen-bond donors (Lipinski definition) is 1. The Hall–Kier alpha value is -1.20. The van der Waals surface area contributed by atoms with E-state index in [-0.39, 0.29) is 17.5 Å². The summed E-state index contributed by atoms with van der Waals surface area (Å²) < 4.78 is 0. The van der Waals surface area contributed by atoms with Gasteiger partial charge in [-0.3, -0.25) is 9.79 Å². The molecule has 30 heavy (non-hydrogen) atoms. The van der Waals surface area contributed by atoms with Crippen LogP contribution in [0.4, 0.5) is 5.69 Å². The van der Waals surface area contributed by atoms with Gasteiger partial charge in [-0.2, -0.15) is 0 Å². The molecule has 1 unspecified atom stereocenters. The molecule has 6 heteroatoms. The van der Waals surface area contributed by atoms with Gasteiger partial charge in [0.15, 0.2) is 5.17 Å². The molecule has 1 amide bonds. The van der Waals surface area contributed by atoms with Crippen LogP contribution in [0.15, 0.2) is 29.3 Å². The van der Waals surface area contributed by atoms with E-state index in [4.69, 9.17) is 16.6 Å². The van der Waals surface area contributed by atoms with Crippen LogP contribution in [0.25, 0.3) is 0 Å². The normalized spacial score (nSPS) is 36.1. The summed E-state index contributed by atoms with van der Waals surface area (Å²) in [4.78, 5) is 20.6. The van der Waals surface area contributed by atoms with Crippen LogP contribution in [0.2, 0.25) is 5.02 Å². The number of rotatable bonds is 5. The molecule has 1 N–H and O–H groups in total. The van der Waals surface area contributed by atoms with Crippen molar-refractivity contribution in [3.63, 3.8) is 0 Å². The van der Waals surface area contributed by atoms with Crippen molar-refractivity contribution in [2.75, 3.05) is 11.1 Å². The van der Waals surface area contributed by atoms with Crippen molar-refractivity contribution in [1.29, 1.82) is 0 Å². The molecule has 1 aliphatic heterocycles. The third-order valence-corrected chi connectivity index (χ3v) is 8.83. The predicted molar refractivity (Wildman–Crippen MR) is 126 cm³/mol. The van der Waals surface area contributed by atoms with Crippen molar-refractivity contribution in [3.8, 4) is 0 Å². The molecule has 0 aromatic heterocycles. The molecule has 5 fully saturated rings. The number of amides is 1. The molecule has 162 valence electrons. The van der Waals surface area contributed by atoms with Gasteiger partial charge in [-0.1, -0.05) is 23.4 Å². The van der Waals surface area contributed by atoms with Crippen LogP contribution in [0, 0.1) is 17.8 Å². The minimum absolute atomic E-state index is 0.0598. The maximum absolute atomic E-state index is 12.7. The highest BCUT2D eigenvalue weighted by atomic mass is 35.5. The molecule has 1 aromatic carbocycles. The van der Waals surface area contributed by atoms with E-state index in [2.05, 4.69) is 24.1 Å². The Bertz CT molecular complexity index is 802. The number of aliphatic imine (C=N–C) groups is 1. The number of hydrogen-bond acceptors (Lipinski definition) is 3. The summed E-state index contributed by atoms with van der Waals surface area (Å²) in [5.41, 5.74) is 0.985. The van der Waals surface area contributed by atoms with Gasteiger partial charge in [0.2, 0.25) is 5.91 Å². The topological polar surface area (TPSA) is 44.7 Å². The molecule has 4 nitrogen and oxygen atoms in total. The van der Waals surface area contributed by atoms with Gasteiger partial charge in [-0.05, 0) is 94.4 Å². The zero-order valence-electron chi connectivity index (χ0n) is 17.9. The minimum atomic E-state index is 0.0598. The maximum atomic E-state index is 12.7. The summed E-state index contributed by atoms with van der Waals surface area (Å²) in [5.74, 6) is 3.71. The van der Waals surface area contributed by atoms with E-state index >= 15 is 0 Å². The Morgan fingerprint density at radius 1 is 1.17 bits per heavy atom. The molecule has 1 aromatic rings. The first-order chi connectivity index (χ1) is 14.4. The van der Waals surface area contributed by atoms with Crippen LogP contribution in [0.1, 0.15) is 58.8 Å². The van der Waals surface area contributed by atoms with Crippen molar-refractivity contribution in [1.82, 2.24) is 4.90 Å². The smallest absolute Gasteiger partial charge is 0.226 e. The summed E-state index contributed by atoms with van der Waals surface area (Å²) in [7, 11) is 0. The third kappa shape index (κ3) is 4.12. The Morgan fingerprint density at radius 3 is 2.33 bits per heavy atom. The Kier molecular flexibility index (Phi) is 5.55. The summed E-state index contributed by atoms with van der Waals surface area (Å²) in [5, 5.41) is 4.89. The lowest BCUT2D eigenvalue weighted by molar-refractivity contribution is -0.117. The molecule has 1 saturated heterocycles. The number of halogens is 1.